The Kier molecular flexibility index (Phi) is 6.45. The van der Waals surface area contributed by atoms with Crippen LogP contribution in [-0.4, -0.2) is 21.0 Å². The Bertz CT molecular complexity index is 768. The molecule has 1 unspecified atom stereocenters. The Hall–Kier alpha value is -2.59. The maximum atomic E-state index is 13.1. The summed E-state index contributed by atoms with van der Waals surface area (Å²) < 4.78 is 0. The molecule has 0 spiro atoms. The molecule has 0 saturated carbocycles. The maximum Gasteiger partial charge on any atom is 0.236 e. The molecule has 0 radical (unpaired) electrons. The average molecular weight is 362 g/mol. The number of benzene rings is 2. The molecule has 1 amide bonds. The van der Waals surface area contributed by atoms with Crippen LogP contribution in [0.4, 0.5) is 0 Å². The molecule has 0 aliphatic heterocycles. The third-order valence-corrected chi connectivity index (χ3v) is 5.07. The normalized spacial score (nSPS) is 11.7. The maximum absolute atomic E-state index is 13.1. The van der Waals surface area contributed by atoms with E-state index in [1.807, 2.05) is 66.4 Å². The van der Waals surface area contributed by atoms with Crippen molar-refractivity contribution in [3.8, 4) is 0 Å². The van der Waals surface area contributed by atoms with Gasteiger partial charge in [-0.15, -0.1) is 0 Å². The second kappa shape index (κ2) is 9.20. The number of carbonyl (C=O) groups excluding carboxylic acids is 1. The third kappa shape index (κ3) is 5.20. The van der Waals surface area contributed by atoms with Crippen LogP contribution in [0.3, 0.4) is 0 Å². The van der Waals surface area contributed by atoms with Crippen molar-refractivity contribution in [2.45, 2.75) is 30.3 Å². The number of aromatic nitrogens is 1. The molecule has 4 heteroatoms. The molecule has 0 fully saturated rings. The highest BCUT2D eigenvalue weighted by Gasteiger charge is 2.22. The summed E-state index contributed by atoms with van der Waals surface area (Å²) >= 11 is 1.50. The summed E-state index contributed by atoms with van der Waals surface area (Å²) in [5, 5.41) is 0.671. The topological polar surface area (TPSA) is 33.2 Å². The molecule has 1 aromatic heterocycles. The summed E-state index contributed by atoms with van der Waals surface area (Å²) in [5.41, 5.74) is 2.26. The van der Waals surface area contributed by atoms with Crippen molar-refractivity contribution in [3.05, 3.63) is 96.2 Å². The number of rotatable bonds is 7. The molecule has 3 aromatic rings. The Morgan fingerprint density at radius 3 is 1.92 bits per heavy atom. The Balaban J connectivity index is 1.75. The Morgan fingerprint density at radius 1 is 0.885 bits per heavy atom. The van der Waals surface area contributed by atoms with Gasteiger partial charge in [0.2, 0.25) is 5.91 Å². The van der Waals surface area contributed by atoms with E-state index in [4.69, 9.17) is 0 Å². The van der Waals surface area contributed by atoms with Crippen LogP contribution in [0.5, 0.6) is 0 Å². The van der Waals surface area contributed by atoms with E-state index in [-0.39, 0.29) is 11.2 Å². The van der Waals surface area contributed by atoms with Crippen molar-refractivity contribution in [2.24, 2.45) is 0 Å². The molecule has 132 valence electrons. The quantitative estimate of drug-likeness (QED) is 0.567. The van der Waals surface area contributed by atoms with Gasteiger partial charge >= 0.3 is 0 Å². The highest BCUT2D eigenvalue weighted by atomic mass is 32.2. The molecular weight excluding hydrogens is 340 g/mol. The summed E-state index contributed by atoms with van der Waals surface area (Å²) in [7, 11) is 0. The number of thioether (sulfide) groups is 1. The van der Waals surface area contributed by atoms with Gasteiger partial charge in [0, 0.05) is 19.3 Å². The van der Waals surface area contributed by atoms with E-state index >= 15 is 0 Å². The fourth-order valence-electron chi connectivity index (χ4n) is 2.72. The number of hydrogen-bond acceptors (Lipinski definition) is 3. The lowest BCUT2D eigenvalue weighted by Crippen LogP contribution is -2.35. The predicted molar refractivity (Wildman–Crippen MR) is 107 cm³/mol. The largest absolute Gasteiger partial charge is 0.333 e. The van der Waals surface area contributed by atoms with Gasteiger partial charge in [-0.2, -0.15) is 0 Å². The molecule has 0 aliphatic carbocycles. The first-order chi connectivity index (χ1) is 12.7. The van der Waals surface area contributed by atoms with Crippen molar-refractivity contribution in [2.75, 3.05) is 0 Å². The number of pyridine rings is 1. The first-order valence-electron chi connectivity index (χ1n) is 8.66. The zero-order chi connectivity index (χ0) is 18.2. The number of amides is 1. The SMILES string of the molecule is CC(Sc1ccccn1)C(=O)N(Cc1ccccc1)Cc1ccccc1. The molecule has 1 atom stereocenters. The summed E-state index contributed by atoms with van der Waals surface area (Å²) in [4.78, 5) is 19.4. The van der Waals surface area contributed by atoms with Gasteiger partial charge in [-0.3, -0.25) is 4.79 Å². The monoisotopic (exact) mass is 362 g/mol. The zero-order valence-electron chi connectivity index (χ0n) is 14.8. The van der Waals surface area contributed by atoms with Crippen molar-refractivity contribution < 1.29 is 4.79 Å². The minimum atomic E-state index is -0.197. The molecule has 3 nitrogen and oxygen atoms in total. The van der Waals surface area contributed by atoms with Crippen LogP contribution < -0.4 is 0 Å². The fraction of sp³-hybridized carbons (Fsp3) is 0.182. The first kappa shape index (κ1) is 18.2. The fourth-order valence-corrected chi connectivity index (χ4v) is 3.62. The molecule has 0 aliphatic rings. The van der Waals surface area contributed by atoms with E-state index in [1.165, 1.54) is 11.8 Å². The van der Waals surface area contributed by atoms with E-state index in [1.54, 1.807) is 6.20 Å². The second-order valence-corrected chi connectivity index (χ2v) is 7.45. The van der Waals surface area contributed by atoms with Crippen LogP contribution >= 0.6 is 11.8 Å². The molecule has 1 heterocycles. The molecule has 0 saturated heterocycles. The molecule has 3 rings (SSSR count). The van der Waals surface area contributed by atoms with E-state index in [0.717, 1.165) is 16.2 Å². The standard InChI is InChI=1S/C22H22N2OS/c1-18(26-21-14-8-9-15-23-21)22(25)24(16-19-10-4-2-5-11-19)17-20-12-6-3-7-13-20/h2-15,18H,16-17H2,1H3. The lowest BCUT2D eigenvalue weighted by Gasteiger charge is -2.26. The van der Waals surface area contributed by atoms with E-state index in [0.29, 0.717) is 13.1 Å². The average Bonchev–Trinajstić information content (AvgIpc) is 2.69. The van der Waals surface area contributed by atoms with Gasteiger partial charge in [0.05, 0.1) is 10.3 Å². The summed E-state index contributed by atoms with van der Waals surface area (Å²) in [6.07, 6.45) is 1.76. The van der Waals surface area contributed by atoms with Crippen LogP contribution in [0, 0.1) is 0 Å². The smallest absolute Gasteiger partial charge is 0.236 e. The lowest BCUT2D eigenvalue weighted by atomic mass is 10.1. The predicted octanol–water partition coefficient (Wildman–Crippen LogP) is 4.79. The molecule has 26 heavy (non-hydrogen) atoms. The van der Waals surface area contributed by atoms with Gasteiger partial charge in [-0.05, 0) is 30.2 Å². The third-order valence-electron chi connectivity index (χ3n) is 4.03. The van der Waals surface area contributed by atoms with Crippen LogP contribution in [0.15, 0.2) is 90.1 Å². The van der Waals surface area contributed by atoms with Gasteiger partial charge in [-0.25, -0.2) is 4.98 Å². The highest BCUT2D eigenvalue weighted by molar-refractivity contribution is 8.00. The number of carbonyl (C=O) groups is 1. The van der Waals surface area contributed by atoms with Gasteiger partial charge in [-0.1, -0.05) is 78.5 Å². The summed E-state index contributed by atoms with van der Waals surface area (Å²) in [6, 6.07) is 26.0. The van der Waals surface area contributed by atoms with Crippen molar-refractivity contribution >= 4 is 17.7 Å². The van der Waals surface area contributed by atoms with E-state index in [9.17, 15) is 4.79 Å². The molecule has 2 aromatic carbocycles. The van der Waals surface area contributed by atoms with Gasteiger partial charge in [0.1, 0.15) is 0 Å². The Labute approximate surface area is 159 Å². The van der Waals surface area contributed by atoms with Gasteiger partial charge in [0.25, 0.3) is 0 Å². The number of hydrogen-bond donors (Lipinski definition) is 0. The second-order valence-electron chi connectivity index (χ2n) is 6.09. The van der Waals surface area contributed by atoms with Crippen molar-refractivity contribution in [1.82, 2.24) is 9.88 Å². The van der Waals surface area contributed by atoms with Crippen LogP contribution in [-0.2, 0) is 17.9 Å². The van der Waals surface area contributed by atoms with Crippen LogP contribution in [0.25, 0.3) is 0 Å². The number of nitrogens with zero attached hydrogens (tertiary/aromatic N) is 2. The molecule has 0 bridgehead atoms. The first-order valence-corrected chi connectivity index (χ1v) is 9.54. The van der Waals surface area contributed by atoms with Crippen molar-refractivity contribution in [1.29, 1.82) is 0 Å². The zero-order valence-corrected chi connectivity index (χ0v) is 15.6. The van der Waals surface area contributed by atoms with E-state index < -0.39 is 0 Å². The van der Waals surface area contributed by atoms with Crippen LogP contribution in [0.1, 0.15) is 18.1 Å². The van der Waals surface area contributed by atoms with Crippen molar-refractivity contribution in [3.63, 3.8) is 0 Å². The molecule has 0 N–H and O–H groups in total. The van der Waals surface area contributed by atoms with Crippen LogP contribution in [0.2, 0.25) is 0 Å². The summed E-state index contributed by atoms with van der Waals surface area (Å²) in [6.45, 7) is 3.15. The van der Waals surface area contributed by atoms with Gasteiger partial charge < -0.3 is 4.90 Å². The molecular formula is C22H22N2OS. The highest BCUT2D eigenvalue weighted by Crippen LogP contribution is 2.23. The lowest BCUT2D eigenvalue weighted by molar-refractivity contribution is -0.131. The minimum Gasteiger partial charge on any atom is -0.333 e. The van der Waals surface area contributed by atoms with Gasteiger partial charge in [0.15, 0.2) is 0 Å². The van der Waals surface area contributed by atoms with E-state index in [2.05, 4.69) is 29.2 Å². The minimum absolute atomic E-state index is 0.119. The Morgan fingerprint density at radius 2 is 1.42 bits per heavy atom. The summed E-state index contributed by atoms with van der Waals surface area (Å²) in [5.74, 6) is 0.119.